The van der Waals surface area contributed by atoms with E-state index in [1.165, 1.54) is 0 Å². The third kappa shape index (κ3) is 2.48. The predicted octanol–water partition coefficient (Wildman–Crippen LogP) is 1.54. The third-order valence-electron chi connectivity index (χ3n) is 2.48. The van der Waals surface area contributed by atoms with E-state index in [9.17, 15) is 4.79 Å². The highest BCUT2D eigenvalue weighted by atomic mass is 32.2. The maximum atomic E-state index is 11.5. The van der Waals surface area contributed by atoms with Crippen LogP contribution in [0.3, 0.4) is 0 Å². The summed E-state index contributed by atoms with van der Waals surface area (Å²) >= 11 is 1.90. The predicted molar refractivity (Wildman–Crippen MR) is 67.4 cm³/mol. The third-order valence-corrected chi connectivity index (χ3v) is 3.42. The first kappa shape index (κ1) is 11.3. The second kappa shape index (κ2) is 5.23. The van der Waals surface area contributed by atoms with Crippen LogP contribution < -0.4 is 10.7 Å². The molecule has 1 fully saturated rings. The largest absolute Gasteiger partial charge is 0.350 e. The minimum atomic E-state index is -0.418. The Kier molecular flexibility index (Phi) is 3.69. The molecule has 0 bridgehead atoms. The normalized spacial score (nSPS) is 17.0. The fraction of sp³-hybridized carbons (Fsp3) is 0.364. The van der Waals surface area contributed by atoms with Gasteiger partial charge < -0.3 is 5.73 Å². The number of nitrogens with two attached hydrogens (primary N) is 1. The van der Waals surface area contributed by atoms with Crippen LogP contribution in [0.5, 0.6) is 0 Å². The summed E-state index contributed by atoms with van der Waals surface area (Å²) in [5, 5.41) is 3.58. The average molecular weight is 237 g/mol. The van der Waals surface area contributed by atoms with Gasteiger partial charge in [-0.05, 0) is 12.1 Å². The van der Waals surface area contributed by atoms with Crippen LogP contribution in [0.1, 0.15) is 0 Å². The zero-order chi connectivity index (χ0) is 11.4. The minimum Gasteiger partial charge on any atom is -0.350 e. The molecular formula is C11H15N3OS. The first-order valence-corrected chi connectivity index (χ1v) is 6.42. The van der Waals surface area contributed by atoms with Crippen LogP contribution in [-0.4, -0.2) is 35.6 Å². The van der Waals surface area contributed by atoms with E-state index < -0.39 is 6.03 Å². The van der Waals surface area contributed by atoms with Gasteiger partial charge in [-0.1, -0.05) is 18.2 Å². The molecule has 86 valence electrons. The second-order valence-corrected chi connectivity index (χ2v) is 4.78. The van der Waals surface area contributed by atoms with Crippen LogP contribution in [0.25, 0.3) is 0 Å². The van der Waals surface area contributed by atoms with Crippen molar-refractivity contribution in [3.8, 4) is 0 Å². The highest BCUT2D eigenvalue weighted by Gasteiger charge is 2.22. The van der Waals surface area contributed by atoms with Crippen molar-refractivity contribution in [3.63, 3.8) is 0 Å². The topological polar surface area (TPSA) is 49.6 Å². The average Bonchev–Trinajstić information content (AvgIpc) is 2.31. The molecule has 2 amide bonds. The van der Waals surface area contributed by atoms with E-state index in [4.69, 9.17) is 5.73 Å². The summed E-state index contributed by atoms with van der Waals surface area (Å²) in [6.07, 6.45) is 0. The van der Waals surface area contributed by atoms with Gasteiger partial charge in [-0.3, -0.25) is 0 Å². The number of benzene rings is 1. The van der Waals surface area contributed by atoms with Crippen molar-refractivity contribution in [3.05, 3.63) is 30.3 Å². The van der Waals surface area contributed by atoms with Gasteiger partial charge in [0, 0.05) is 24.6 Å². The van der Waals surface area contributed by atoms with Gasteiger partial charge >= 0.3 is 6.03 Å². The molecule has 16 heavy (non-hydrogen) atoms. The number of hydrogen-bond donors (Lipinski definition) is 1. The highest BCUT2D eigenvalue weighted by molar-refractivity contribution is 7.99. The highest BCUT2D eigenvalue weighted by Crippen LogP contribution is 2.19. The van der Waals surface area contributed by atoms with Gasteiger partial charge in [0.1, 0.15) is 0 Å². The molecule has 0 saturated carbocycles. The maximum absolute atomic E-state index is 11.5. The SMILES string of the molecule is NC(=O)N(c1ccccc1)N1CCSCC1. The molecule has 2 N–H and O–H groups in total. The van der Waals surface area contributed by atoms with Gasteiger partial charge in [-0.25, -0.2) is 14.8 Å². The smallest absolute Gasteiger partial charge is 0.334 e. The first-order valence-electron chi connectivity index (χ1n) is 5.26. The van der Waals surface area contributed by atoms with Crippen LogP contribution in [0.15, 0.2) is 30.3 Å². The fourth-order valence-corrected chi connectivity index (χ4v) is 2.64. The Morgan fingerprint density at radius 2 is 1.88 bits per heavy atom. The Bertz CT molecular complexity index is 352. The Hall–Kier alpha value is -1.20. The molecule has 1 heterocycles. The van der Waals surface area contributed by atoms with Crippen LogP contribution in [0.2, 0.25) is 0 Å². The Labute approximate surface area is 99.4 Å². The Morgan fingerprint density at radius 1 is 1.25 bits per heavy atom. The van der Waals surface area contributed by atoms with Crippen molar-refractivity contribution in [2.24, 2.45) is 5.73 Å². The fourth-order valence-electron chi connectivity index (χ4n) is 1.75. The van der Waals surface area contributed by atoms with Gasteiger partial charge in [0.15, 0.2) is 0 Å². The van der Waals surface area contributed by atoms with E-state index >= 15 is 0 Å². The van der Waals surface area contributed by atoms with Crippen LogP contribution >= 0.6 is 11.8 Å². The number of anilines is 1. The summed E-state index contributed by atoms with van der Waals surface area (Å²) in [4.78, 5) is 11.5. The zero-order valence-corrected chi connectivity index (χ0v) is 9.82. The van der Waals surface area contributed by atoms with E-state index in [-0.39, 0.29) is 0 Å². The lowest BCUT2D eigenvalue weighted by Crippen LogP contribution is -2.52. The molecule has 1 saturated heterocycles. The van der Waals surface area contributed by atoms with E-state index in [0.29, 0.717) is 0 Å². The number of amides is 2. The number of hydrogen-bond acceptors (Lipinski definition) is 3. The summed E-state index contributed by atoms with van der Waals surface area (Å²) in [6.45, 7) is 1.73. The quantitative estimate of drug-likeness (QED) is 0.848. The number of carbonyl (C=O) groups excluding carboxylic acids is 1. The maximum Gasteiger partial charge on any atom is 0.334 e. The molecule has 1 aromatic rings. The molecule has 2 rings (SSSR count). The number of hydrazine groups is 1. The summed E-state index contributed by atoms with van der Waals surface area (Å²) in [5.41, 5.74) is 6.27. The van der Waals surface area contributed by atoms with E-state index in [2.05, 4.69) is 0 Å². The summed E-state index contributed by atoms with van der Waals surface area (Å²) in [7, 11) is 0. The molecule has 0 spiro atoms. The first-order chi connectivity index (χ1) is 7.79. The number of rotatable bonds is 2. The van der Waals surface area contributed by atoms with Crippen molar-refractivity contribution in [2.75, 3.05) is 29.6 Å². The molecule has 5 heteroatoms. The van der Waals surface area contributed by atoms with Gasteiger partial charge in [-0.2, -0.15) is 11.8 Å². The molecule has 0 unspecified atom stereocenters. The van der Waals surface area contributed by atoms with E-state index in [1.807, 2.05) is 47.1 Å². The van der Waals surface area contributed by atoms with Crippen molar-refractivity contribution in [2.45, 2.75) is 0 Å². The van der Waals surface area contributed by atoms with Gasteiger partial charge in [-0.15, -0.1) is 0 Å². The molecule has 1 aliphatic heterocycles. The van der Waals surface area contributed by atoms with Crippen LogP contribution in [-0.2, 0) is 0 Å². The molecule has 4 nitrogen and oxygen atoms in total. The standard InChI is InChI=1S/C11H15N3OS/c12-11(15)14(10-4-2-1-3-5-10)13-6-8-16-9-7-13/h1-5H,6-9H2,(H2,12,15). The number of primary amides is 1. The van der Waals surface area contributed by atoms with E-state index in [0.717, 1.165) is 30.3 Å². The lowest BCUT2D eigenvalue weighted by Gasteiger charge is -2.35. The minimum absolute atomic E-state index is 0.418. The Morgan fingerprint density at radius 3 is 2.44 bits per heavy atom. The van der Waals surface area contributed by atoms with Crippen molar-refractivity contribution in [1.82, 2.24) is 5.01 Å². The molecule has 1 aromatic carbocycles. The number of para-hydroxylation sites is 1. The summed E-state index contributed by atoms with van der Waals surface area (Å²) < 4.78 is 0. The van der Waals surface area contributed by atoms with Crippen molar-refractivity contribution in [1.29, 1.82) is 0 Å². The monoisotopic (exact) mass is 237 g/mol. The van der Waals surface area contributed by atoms with Crippen LogP contribution in [0, 0.1) is 0 Å². The van der Waals surface area contributed by atoms with Gasteiger partial charge in [0.2, 0.25) is 0 Å². The molecular weight excluding hydrogens is 222 g/mol. The van der Waals surface area contributed by atoms with Crippen molar-refractivity contribution < 1.29 is 4.79 Å². The van der Waals surface area contributed by atoms with Crippen molar-refractivity contribution >= 4 is 23.5 Å². The van der Waals surface area contributed by atoms with Gasteiger partial charge in [0.25, 0.3) is 0 Å². The number of thioether (sulfide) groups is 1. The lowest BCUT2D eigenvalue weighted by molar-refractivity contribution is 0.224. The van der Waals surface area contributed by atoms with E-state index in [1.54, 1.807) is 5.01 Å². The molecule has 0 aromatic heterocycles. The number of urea groups is 1. The molecule has 1 aliphatic rings. The summed E-state index contributed by atoms with van der Waals surface area (Å²) in [6, 6.07) is 9.11. The number of nitrogens with zero attached hydrogens (tertiary/aromatic N) is 2. The summed E-state index contributed by atoms with van der Waals surface area (Å²) in [5.74, 6) is 2.08. The van der Waals surface area contributed by atoms with Gasteiger partial charge in [0.05, 0.1) is 5.69 Å². The molecule has 0 aliphatic carbocycles. The molecule has 0 radical (unpaired) electrons. The molecule has 0 atom stereocenters. The zero-order valence-electron chi connectivity index (χ0n) is 9.00. The number of carbonyl (C=O) groups is 1. The van der Waals surface area contributed by atoms with Crippen LogP contribution in [0.4, 0.5) is 10.5 Å². The Balaban J connectivity index is 2.20. The lowest BCUT2D eigenvalue weighted by atomic mass is 10.3. The second-order valence-electron chi connectivity index (χ2n) is 3.55.